The lowest BCUT2D eigenvalue weighted by molar-refractivity contribution is 0.418. The maximum Gasteiger partial charge on any atom is 0.150 e. The number of hydrogen-bond donors (Lipinski definition) is 1. The first-order chi connectivity index (χ1) is 6.57. The summed E-state index contributed by atoms with van der Waals surface area (Å²) < 4.78 is 0. The minimum atomic E-state index is 0.375. The molecule has 14 heavy (non-hydrogen) atoms. The van der Waals surface area contributed by atoms with Crippen molar-refractivity contribution >= 4 is 12.2 Å². The molecule has 1 rings (SSSR count). The maximum atomic E-state index is 5.65. The first-order valence-electron chi connectivity index (χ1n) is 4.59. The molecule has 0 aromatic rings. The fourth-order valence-corrected chi connectivity index (χ4v) is 1.32. The predicted molar refractivity (Wildman–Crippen MR) is 59.7 cm³/mol. The molecule has 0 saturated carbocycles. The highest BCUT2D eigenvalue weighted by Crippen LogP contribution is 2.21. The van der Waals surface area contributed by atoms with E-state index in [1.54, 1.807) is 5.01 Å². The van der Waals surface area contributed by atoms with Crippen molar-refractivity contribution in [2.24, 2.45) is 21.7 Å². The second kappa shape index (κ2) is 4.09. The van der Waals surface area contributed by atoms with E-state index in [-0.39, 0.29) is 0 Å². The molecule has 0 bridgehead atoms. The van der Waals surface area contributed by atoms with Gasteiger partial charge in [0.05, 0.1) is 5.70 Å². The SMILES string of the molecule is C=C1C(N)=NC=NN1/C(=C\C)C(C)C. The third kappa shape index (κ3) is 1.84. The second-order valence-electron chi connectivity index (χ2n) is 3.37. The molecule has 0 aromatic heterocycles. The van der Waals surface area contributed by atoms with Gasteiger partial charge in [-0.05, 0) is 12.8 Å². The van der Waals surface area contributed by atoms with Crippen LogP contribution in [-0.4, -0.2) is 17.2 Å². The van der Waals surface area contributed by atoms with E-state index < -0.39 is 0 Å². The van der Waals surface area contributed by atoms with Crippen LogP contribution in [0.4, 0.5) is 0 Å². The number of aliphatic imine (C=N–C) groups is 1. The Morgan fingerprint density at radius 3 is 2.79 bits per heavy atom. The average molecular weight is 192 g/mol. The lowest BCUT2D eigenvalue weighted by Gasteiger charge is -2.27. The van der Waals surface area contributed by atoms with Crippen LogP contribution < -0.4 is 5.73 Å². The second-order valence-corrected chi connectivity index (χ2v) is 3.37. The van der Waals surface area contributed by atoms with Crippen LogP contribution in [0, 0.1) is 5.92 Å². The number of amidine groups is 1. The number of hydrazone groups is 1. The molecule has 4 nitrogen and oxygen atoms in total. The van der Waals surface area contributed by atoms with E-state index in [1.807, 2.05) is 13.0 Å². The number of nitrogens with two attached hydrogens (primary N) is 1. The zero-order chi connectivity index (χ0) is 10.7. The van der Waals surface area contributed by atoms with E-state index in [4.69, 9.17) is 5.73 Å². The lowest BCUT2D eigenvalue weighted by Crippen LogP contribution is -2.31. The van der Waals surface area contributed by atoms with Gasteiger partial charge in [0.1, 0.15) is 6.34 Å². The Bertz CT molecular complexity index is 323. The van der Waals surface area contributed by atoms with Crippen LogP contribution in [0.5, 0.6) is 0 Å². The molecule has 76 valence electrons. The summed E-state index contributed by atoms with van der Waals surface area (Å²) in [6.07, 6.45) is 3.45. The zero-order valence-electron chi connectivity index (χ0n) is 8.86. The van der Waals surface area contributed by atoms with Crippen LogP contribution in [0.3, 0.4) is 0 Å². The summed E-state index contributed by atoms with van der Waals surface area (Å²) in [6, 6.07) is 0. The normalized spacial score (nSPS) is 17.7. The van der Waals surface area contributed by atoms with E-state index >= 15 is 0 Å². The highest BCUT2D eigenvalue weighted by Gasteiger charge is 2.18. The van der Waals surface area contributed by atoms with Gasteiger partial charge in [0.2, 0.25) is 0 Å². The van der Waals surface area contributed by atoms with Crippen LogP contribution in [0.1, 0.15) is 20.8 Å². The molecular formula is C10H16N4. The van der Waals surface area contributed by atoms with Gasteiger partial charge in [-0.3, -0.25) is 0 Å². The minimum absolute atomic E-state index is 0.375. The molecule has 4 heteroatoms. The topological polar surface area (TPSA) is 54.0 Å². The van der Waals surface area contributed by atoms with Crippen LogP contribution in [-0.2, 0) is 0 Å². The number of rotatable bonds is 2. The van der Waals surface area contributed by atoms with E-state index in [1.165, 1.54) is 6.34 Å². The first-order valence-corrected chi connectivity index (χ1v) is 4.59. The van der Waals surface area contributed by atoms with Crippen LogP contribution in [0.2, 0.25) is 0 Å². The van der Waals surface area contributed by atoms with Crippen molar-refractivity contribution in [3.05, 3.63) is 24.0 Å². The van der Waals surface area contributed by atoms with Gasteiger partial charge in [-0.15, -0.1) is 0 Å². The first kappa shape index (κ1) is 10.5. The number of allylic oxidation sites excluding steroid dienone is 2. The van der Waals surface area contributed by atoms with Crippen molar-refractivity contribution < 1.29 is 0 Å². The molecule has 0 aliphatic carbocycles. The average Bonchev–Trinajstić information content (AvgIpc) is 2.13. The molecule has 0 unspecified atom stereocenters. The Balaban J connectivity index is 2.96. The van der Waals surface area contributed by atoms with Gasteiger partial charge < -0.3 is 5.73 Å². The Hall–Kier alpha value is -1.58. The molecule has 0 spiro atoms. The summed E-state index contributed by atoms with van der Waals surface area (Å²) in [5.41, 5.74) is 7.36. The Morgan fingerprint density at radius 2 is 2.29 bits per heavy atom. The van der Waals surface area contributed by atoms with Crippen LogP contribution in [0.15, 0.2) is 34.1 Å². The Kier molecular flexibility index (Phi) is 3.06. The summed E-state index contributed by atoms with van der Waals surface area (Å²) in [4.78, 5) is 3.87. The van der Waals surface area contributed by atoms with Crippen LogP contribution >= 0.6 is 0 Å². The van der Waals surface area contributed by atoms with Crippen molar-refractivity contribution in [1.82, 2.24) is 5.01 Å². The van der Waals surface area contributed by atoms with Crippen molar-refractivity contribution in [2.75, 3.05) is 0 Å². The van der Waals surface area contributed by atoms with Gasteiger partial charge in [-0.2, -0.15) is 5.10 Å². The van der Waals surface area contributed by atoms with Gasteiger partial charge >= 0.3 is 0 Å². The highest BCUT2D eigenvalue weighted by molar-refractivity contribution is 6.01. The molecule has 0 atom stereocenters. The smallest absolute Gasteiger partial charge is 0.150 e. The molecule has 0 amide bonds. The molecule has 0 aromatic carbocycles. The molecule has 1 heterocycles. The van der Waals surface area contributed by atoms with Gasteiger partial charge in [0.15, 0.2) is 5.84 Å². The molecule has 1 aliphatic heterocycles. The summed E-state index contributed by atoms with van der Waals surface area (Å²) in [5.74, 6) is 0.791. The molecule has 2 N–H and O–H groups in total. The van der Waals surface area contributed by atoms with Crippen molar-refractivity contribution in [3.63, 3.8) is 0 Å². The zero-order valence-corrected chi connectivity index (χ0v) is 8.86. The standard InChI is InChI=1S/C10H16N4/c1-5-9(7(2)3)14-8(4)10(11)12-6-13-14/h5-7H,4H2,1-3H3,(H2,11,12,13)/b9-5-. The Morgan fingerprint density at radius 1 is 1.64 bits per heavy atom. The fraction of sp³-hybridized carbons (Fsp3) is 0.400. The van der Waals surface area contributed by atoms with E-state index in [0.29, 0.717) is 17.5 Å². The third-order valence-electron chi connectivity index (χ3n) is 2.05. The van der Waals surface area contributed by atoms with Gasteiger partial charge in [-0.25, -0.2) is 10.0 Å². The van der Waals surface area contributed by atoms with E-state index in [2.05, 4.69) is 30.5 Å². The molecular weight excluding hydrogens is 176 g/mol. The summed E-state index contributed by atoms with van der Waals surface area (Å²) in [5, 5.41) is 5.86. The molecule has 0 fully saturated rings. The quantitative estimate of drug-likeness (QED) is 0.723. The maximum absolute atomic E-state index is 5.65. The summed E-state index contributed by atoms with van der Waals surface area (Å²) >= 11 is 0. The number of hydrogen-bond acceptors (Lipinski definition) is 4. The van der Waals surface area contributed by atoms with Gasteiger partial charge in [0.25, 0.3) is 0 Å². The summed E-state index contributed by atoms with van der Waals surface area (Å²) in [6.45, 7) is 10.0. The predicted octanol–water partition coefficient (Wildman–Crippen LogP) is 1.68. The highest BCUT2D eigenvalue weighted by atomic mass is 15.5. The molecule has 1 aliphatic rings. The Labute approximate surface area is 84.5 Å². The number of nitrogens with zero attached hydrogens (tertiary/aromatic N) is 3. The molecule has 0 saturated heterocycles. The van der Waals surface area contributed by atoms with E-state index in [9.17, 15) is 0 Å². The molecule has 0 radical (unpaired) electrons. The largest absolute Gasteiger partial charge is 0.382 e. The minimum Gasteiger partial charge on any atom is -0.382 e. The third-order valence-corrected chi connectivity index (χ3v) is 2.05. The van der Waals surface area contributed by atoms with Gasteiger partial charge in [-0.1, -0.05) is 26.5 Å². The van der Waals surface area contributed by atoms with E-state index in [0.717, 1.165) is 5.70 Å². The lowest BCUT2D eigenvalue weighted by atomic mass is 10.1. The van der Waals surface area contributed by atoms with Crippen LogP contribution in [0.25, 0.3) is 0 Å². The van der Waals surface area contributed by atoms with Crippen molar-refractivity contribution in [2.45, 2.75) is 20.8 Å². The van der Waals surface area contributed by atoms with Crippen molar-refractivity contribution in [3.8, 4) is 0 Å². The van der Waals surface area contributed by atoms with Gasteiger partial charge in [0, 0.05) is 5.70 Å². The van der Waals surface area contributed by atoms with Crippen molar-refractivity contribution in [1.29, 1.82) is 0 Å². The monoisotopic (exact) mass is 192 g/mol. The fourth-order valence-electron chi connectivity index (χ4n) is 1.32. The summed E-state index contributed by atoms with van der Waals surface area (Å²) in [7, 11) is 0.